The largest absolute Gasteiger partial charge is 0.494 e. The quantitative estimate of drug-likeness (QED) is 0.455. The normalized spacial score (nSPS) is 17.6. The van der Waals surface area contributed by atoms with Crippen LogP contribution in [0, 0.1) is 6.92 Å². The molecule has 0 bridgehead atoms. The van der Waals surface area contributed by atoms with Gasteiger partial charge in [0.1, 0.15) is 5.75 Å². The minimum absolute atomic E-state index is 0.0997. The summed E-state index contributed by atoms with van der Waals surface area (Å²) < 4.78 is 5.63. The van der Waals surface area contributed by atoms with Crippen molar-refractivity contribution >= 4 is 22.7 Å². The molecule has 2 aromatic carbocycles. The van der Waals surface area contributed by atoms with E-state index in [2.05, 4.69) is 47.2 Å². The van der Waals surface area contributed by atoms with E-state index in [0.717, 1.165) is 86.1 Å². The van der Waals surface area contributed by atoms with Crippen molar-refractivity contribution in [3.63, 3.8) is 0 Å². The van der Waals surface area contributed by atoms with E-state index in [4.69, 9.17) is 4.74 Å². The molecule has 0 unspecified atom stereocenters. The highest BCUT2D eigenvalue weighted by Gasteiger charge is 2.30. The van der Waals surface area contributed by atoms with Crippen LogP contribution in [0.5, 0.6) is 5.75 Å². The first kappa shape index (κ1) is 26.3. The maximum atomic E-state index is 13.0. The molecule has 0 radical (unpaired) electrons. The van der Waals surface area contributed by atoms with Crippen LogP contribution in [-0.4, -0.2) is 71.5 Å². The van der Waals surface area contributed by atoms with Crippen LogP contribution in [0.3, 0.4) is 0 Å². The number of likely N-dealkylation sites (tertiary alicyclic amines) is 2. The van der Waals surface area contributed by atoms with Crippen LogP contribution in [0.25, 0.3) is 10.9 Å². The van der Waals surface area contributed by atoms with Crippen LogP contribution in [0.1, 0.15) is 60.5 Å². The van der Waals surface area contributed by atoms with Gasteiger partial charge in [0.2, 0.25) is 5.91 Å². The summed E-state index contributed by atoms with van der Waals surface area (Å²) in [5, 5.41) is 4.41. The van der Waals surface area contributed by atoms with Crippen LogP contribution in [0.15, 0.2) is 48.7 Å². The van der Waals surface area contributed by atoms with Gasteiger partial charge in [-0.15, -0.1) is 0 Å². The van der Waals surface area contributed by atoms with Crippen LogP contribution in [0.2, 0.25) is 0 Å². The van der Waals surface area contributed by atoms with Crippen molar-refractivity contribution in [3.05, 3.63) is 65.4 Å². The van der Waals surface area contributed by atoms with Crippen molar-refractivity contribution < 1.29 is 14.3 Å². The van der Waals surface area contributed by atoms with Gasteiger partial charge in [0, 0.05) is 60.9 Å². The molecule has 2 aliphatic heterocycles. The van der Waals surface area contributed by atoms with E-state index in [0.29, 0.717) is 19.1 Å². The predicted molar refractivity (Wildman–Crippen MR) is 151 cm³/mol. The van der Waals surface area contributed by atoms with Crippen LogP contribution >= 0.6 is 0 Å². The molecule has 2 amide bonds. The number of aryl methyl sites for hydroxylation is 1. The van der Waals surface area contributed by atoms with Crippen molar-refractivity contribution in [2.45, 2.75) is 64.5 Å². The molecule has 0 saturated carbocycles. The van der Waals surface area contributed by atoms with E-state index >= 15 is 0 Å². The Bertz CT molecular complexity index is 1240. The standard InChI is InChI=1S/C31H40N4O3/c1-3-18-38-27-7-5-23(6-8-27)31(37)35-16-12-26(13-17-35)34-14-10-25(11-15-34)33-30(36)20-24-21-32-29-9-4-22(2)19-28(24)29/h4-9,19,21,25-26,32H,3,10-18,20H2,1-2H3,(H,33,36). The van der Waals surface area contributed by atoms with Gasteiger partial charge in [-0.2, -0.15) is 0 Å². The first-order valence-corrected chi connectivity index (χ1v) is 14.1. The fraction of sp³-hybridized carbons (Fsp3) is 0.484. The van der Waals surface area contributed by atoms with Crippen molar-refractivity contribution in [2.75, 3.05) is 32.8 Å². The number of carbonyl (C=O) groups excluding carboxylic acids is 2. The second kappa shape index (κ2) is 12.0. The van der Waals surface area contributed by atoms with Crippen molar-refractivity contribution in [1.82, 2.24) is 20.1 Å². The molecule has 3 aromatic rings. The monoisotopic (exact) mass is 516 g/mol. The zero-order chi connectivity index (χ0) is 26.5. The minimum atomic E-state index is 0.0997. The lowest BCUT2D eigenvalue weighted by atomic mass is 9.97. The fourth-order valence-electron chi connectivity index (χ4n) is 5.83. The zero-order valence-corrected chi connectivity index (χ0v) is 22.7. The average Bonchev–Trinajstić information content (AvgIpc) is 3.33. The van der Waals surface area contributed by atoms with E-state index in [1.54, 1.807) is 0 Å². The Kier molecular flexibility index (Phi) is 8.32. The number of rotatable bonds is 8. The molecule has 2 aliphatic rings. The number of aromatic amines is 1. The summed E-state index contributed by atoms with van der Waals surface area (Å²) in [6.45, 7) is 8.42. The van der Waals surface area contributed by atoms with Crippen LogP contribution in [-0.2, 0) is 11.2 Å². The number of aromatic nitrogens is 1. The number of amides is 2. The first-order chi connectivity index (χ1) is 18.5. The Morgan fingerprint density at radius 2 is 1.74 bits per heavy atom. The summed E-state index contributed by atoms with van der Waals surface area (Å²) in [7, 11) is 0. The number of nitrogens with one attached hydrogen (secondary N) is 2. The van der Waals surface area contributed by atoms with Gasteiger partial charge in [0.05, 0.1) is 13.0 Å². The number of piperidine rings is 2. The lowest BCUT2D eigenvalue weighted by Crippen LogP contribution is -2.51. The molecule has 7 nitrogen and oxygen atoms in total. The number of carbonyl (C=O) groups is 2. The van der Waals surface area contributed by atoms with Crippen LogP contribution in [0.4, 0.5) is 0 Å². The summed E-state index contributed by atoms with van der Waals surface area (Å²) in [4.78, 5) is 33.6. The third kappa shape index (κ3) is 6.21. The van der Waals surface area contributed by atoms with Gasteiger partial charge in [-0.05, 0) is 81.0 Å². The van der Waals surface area contributed by atoms with E-state index in [-0.39, 0.29) is 17.9 Å². The third-order valence-corrected chi connectivity index (χ3v) is 8.01. The highest BCUT2D eigenvalue weighted by molar-refractivity contribution is 5.94. The second-order valence-electron chi connectivity index (χ2n) is 10.8. The van der Waals surface area contributed by atoms with E-state index in [1.807, 2.05) is 35.4 Å². The van der Waals surface area contributed by atoms with Crippen molar-refractivity contribution in [2.24, 2.45) is 0 Å². The SMILES string of the molecule is CCCOc1ccc(C(=O)N2CCC(N3CCC(NC(=O)Cc4c[nH]c5ccc(C)cc45)CC3)CC2)cc1. The number of nitrogens with zero attached hydrogens (tertiary/aromatic N) is 2. The average molecular weight is 517 g/mol. The number of hydrogen-bond donors (Lipinski definition) is 2. The first-order valence-electron chi connectivity index (χ1n) is 14.1. The Balaban J connectivity index is 1.05. The molecule has 7 heteroatoms. The van der Waals surface area contributed by atoms with Crippen LogP contribution < -0.4 is 10.1 Å². The smallest absolute Gasteiger partial charge is 0.253 e. The fourth-order valence-corrected chi connectivity index (χ4v) is 5.83. The third-order valence-electron chi connectivity index (χ3n) is 8.01. The molecule has 3 heterocycles. The highest BCUT2D eigenvalue weighted by atomic mass is 16.5. The highest BCUT2D eigenvalue weighted by Crippen LogP contribution is 2.24. The summed E-state index contributed by atoms with van der Waals surface area (Å²) in [5.74, 6) is 1.02. The molecule has 0 spiro atoms. The lowest BCUT2D eigenvalue weighted by molar-refractivity contribution is -0.121. The Labute approximate surface area is 225 Å². The van der Waals surface area contributed by atoms with E-state index < -0.39 is 0 Å². The lowest BCUT2D eigenvalue weighted by Gasteiger charge is -2.42. The zero-order valence-electron chi connectivity index (χ0n) is 22.7. The summed E-state index contributed by atoms with van der Waals surface area (Å²) >= 11 is 0. The van der Waals surface area contributed by atoms with Gasteiger partial charge in [-0.3, -0.25) is 9.59 Å². The second-order valence-corrected chi connectivity index (χ2v) is 10.8. The topological polar surface area (TPSA) is 77.7 Å². The number of H-pyrrole nitrogens is 1. The van der Waals surface area contributed by atoms with Crippen molar-refractivity contribution in [1.29, 1.82) is 0 Å². The maximum Gasteiger partial charge on any atom is 0.253 e. The number of fused-ring (bicyclic) bond motifs is 1. The Morgan fingerprint density at radius 1 is 1.00 bits per heavy atom. The molecule has 1 aromatic heterocycles. The van der Waals surface area contributed by atoms with Gasteiger partial charge in [-0.25, -0.2) is 0 Å². The molecule has 38 heavy (non-hydrogen) atoms. The molecule has 0 atom stereocenters. The Hall–Kier alpha value is -3.32. The molecule has 5 rings (SSSR count). The van der Waals surface area contributed by atoms with Gasteiger partial charge < -0.3 is 24.8 Å². The predicted octanol–water partition coefficient (Wildman–Crippen LogP) is 4.69. The van der Waals surface area contributed by atoms with Gasteiger partial charge >= 0.3 is 0 Å². The molecule has 2 N–H and O–H groups in total. The number of hydrogen-bond acceptors (Lipinski definition) is 4. The molecule has 2 saturated heterocycles. The van der Waals surface area contributed by atoms with Gasteiger partial charge in [0.25, 0.3) is 5.91 Å². The molecular weight excluding hydrogens is 476 g/mol. The number of benzene rings is 2. The Morgan fingerprint density at radius 3 is 2.45 bits per heavy atom. The minimum Gasteiger partial charge on any atom is -0.494 e. The maximum absolute atomic E-state index is 13.0. The molecule has 2 fully saturated rings. The number of ether oxygens (including phenoxy) is 1. The van der Waals surface area contributed by atoms with E-state index in [9.17, 15) is 9.59 Å². The van der Waals surface area contributed by atoms with Crippen molar-refractivity contribution in [3.8, 4) is 5.75 Å². The van der Waals surface area contributed by atoms with Gasteiger partial charge in [-0.1, -0.05) is 18.6 Å². The summed E-state index contributed by atoms with van der Waals surface area (Å²) in [5.41, 5.74) is 4.06. The molecule has 0 aliphatic carbocycles. The summed E-state index contributed by atoms with van der Waals surface area (Å²) in [6.07, 6.45) is 7.29. The summed E-state index contributed by atoms with van der Waals surface area (Å²) in [6, 6.07) is 14.6. The van der Waals surface area contributed by atoms with E-state index in [1.165, 1.54) is 5.56 Å². The van der Waals surface area contributed by atoms with Gasteiger partial charge in [0.15, 0.2) is 0 Å². The molecule has 202 valence electrons. The molecular formula is C31H40N4O3.